The van der Waals surface area contributed by atoms with E-state index in [0.717, 1.165) is 36.5 Å². The van der Waals surface area contributed by atoms with Crippen molar-refractivity contribution in [3.8, 4) is 11.5 Å². The number of methoxy groups -OCH3 is 1. The van der Waals surface area contributed by atoms with Crippen LogP contribution in [-0.4, -0.2) is 46.6 Å². The van der Waals surface area contributed by atoms with E-state index in [9.17, 15) is 24.6 Å². The number of hydrogen-bond donors (Lipinski definition) is 3. The van der Waals surface area contributed by atoms with E-state index in [1.165, 1.54) is 18.1 Å². The molecular formula is C23H26N2O6. The van der Waals surface area contributed by atoms with Crippen LogP contribution in [0.25, 0.3) is 0 Å². The summed E-state index contributed by atoms with van der Waals surface area (Å²) < 4.78 is 4.73. The van der Waals surface area contributed by atoms with Gasteiger partial charge in [0.2, 0.25) is 0 Å². The van der Waals surface area contributed by atoms with Crippen molar-refractivity contribution in [2.45, 2.75) is 39.3 Å². The highest BCUT2D eigenvalue weighted by atomic mass is 16.5. The Balaban J connectivity index is 1.78. The summed E-state index contributed by atoms with van der Waals surface area (Å²) in [6, 6.07) is 7.30. The van der Waals surface area contributed by atoms with Gasteiger partial charge in [0.15, 0.2) is 0 Å². The molecule has 2 aromatic carbocycles. The minimum Gasteiger partial charge on any atom is -0.507 e. The first-order valence-corrected chi connectivity index (χ1v) is 10.2. The van der Waals surface area contributed by atoms with Crippen molar-refractivity contribution in [2.75, 3.05) is 13.7 Å². The van der Waals surface area contributed by atoms with Crippen molar-refractivity contribution in [3.63, 3.8) is 0 Å². The lowest BCUT2D eigenvalue weighted by molar-refractivity contribution is 0.0600. The summed E-state index contributed by atoms with van der Waals surface area (Å²) in [4.78, 5) is 38.7. The van der Waals surface area contributed by atoms with E-state index in [-0.39, 0.29) is 17.7 Å². The van der Waals surface area contributed by atoms with Crippen LogP contribution in [-0.2, 0) is 17.8 Å². The van der Waals surface area contributed by atoms with Crippen LogP contribution in [0.15, 0.2) is 30.3 Å². The van der Waals surface area contributed by atoms with Crippen molar-refractivity contribution in [3.05, 3.63) is 58.1 Å². The van der Waals surface area contributed by atoms with E-state index >= 15 is 0 Å². The molecule has 31 heavy (non-hydrogen) atoms. The maximum Gasteiger partial charge on any atom is 0.337 e. The zero-order valence-electron chi connectivity index (χ0n) is 17.6. The first-order valence-electron chi connectivity index (χ1n) is 10.2. The number of nitrogens with one attached hydrogen (secondary N) is 1. The number of carbonyl (C=O) groups excluding carboxylic acids is 3. The SMILES string of the molecule is CCCCCNC(=O)c1cc(C(=O)N2Cc3ccc(C(=O)OC)cc3C2)c(O)cc1O. The number of carbonyl (C=O) groups is 3. The third-order valence-corrected chi connectivity index (χ3v) is 5.29. The molecule has 0 aliphatic carbocycles. The summed E-state index contributed by atoms with van der Waals surface area (Å²) in [5.41, 5.74) is 1.95. The zero-order chi connectivity index (χ0) is 22.5. The topological polar surface area (TPSA) is 116 Å². The Morgan fingerprint density at radius 3 is 2.42 bits per heavy atom. The average Bonchev–Trinajstić information content (AvgIpc) is 3.19. The molecule has 164 valence electrons. The van der Waals surface area contributed by atoms with Crippen molar-refractivity contribution >= 4 is 17.8 Å². The second-order valence-electron chi connectivity index (χ2n) is 7.49. The lowest BCUT2D eigenvalue weighted by atomic mass is 10.1. The molecule has 0 aromatic heterocycles. The molecule has 0 radical (unpaired) electrons. The van der Waals surface area contributed by atoms with Crippen LogP contribution in [0.3, 0.4) is 0 Å². The third-order valence-electron chi connectivity index (χ3n) is 5.29. The summed E-state index contributed by atoms with van der Waals surface area (Å²) in [7, 11) is 1.30. The van der Waals surface area contributed by atoms with Gasteiger partial charge in [-0.25, -0.2) is 4.79 Å². The van der Waals surface area contributed by atoms with Crippen molar-refractivity contribution in [1.82, 2.24) is 10.2 Å². The molecule has 0 fully saturated rings. The molecule has 1 heterocycles. The van der Waals surface area contributed by atoms with E-state index in [0.29, 0.717) is 18.7 Å². The molecule has 0 unspecified atom stereocenters. The Bertz CT molecular complexity index is 1020. The Labute approximate surface area is 180 Å². The molecule has 3 N–H and O–H groups in total. The standard InChI is InChI=1S/C23H26N2O6/c1-3-4-5-8-24-21(28)17-10-18(20(27)11-19(17)26)22(29)25-12-15-7-6-14(23(30)31-2)9-16(15)13-25/h6-7,9-11,26-27H,3-5,8,12-13H2,1-2H3,(H,24,28). The van der Waals surface area contributed by atoms with Crippen LogP contribution in [0.4, 0.5) is 0 Å². The zero-order valence-corrected chi connectivity index (χ0v) is 17.6. The first-order chi connectivity index (χ1) is 14.8. The van der Waals surface area contributed by atoms with Gasteiger partial charge in [0.25, 0.3) is 11.8 Å². The molecule has 0 saturated carbocycles. The number of ether oxygens (including phenoxy) is 1. The van der Waals surface area contributed by atoms with Gasteiger partial charge in [0.1, 0.15) is 11.5 Å². The predicted octanol–water partition coefficient (Wildman–Crippen LogP) is 2.96. The Hall–Kier alpha value is -3.55. The van der Waals surface area contributed by atoms with Gasteiger partial charge in [0.05, 0.1) is 23.8 Å². The van der Waals surface area contributed by atoms with Crippen LogP contribution in [0, 0.1) is 0 Å². The third kappa shape index (κ3) is 4.79. The van der Waals surface area contributed by atoms with Crippen molar-refractivity contribution in [1.29, 1.82) is 0 Å². The predicted molar refractivity (Wildman–Crippen MR) is 113 cm³/mol. The van der Waals surface area contributed by atoms with Crippen LogP contribution in [0.2, 0.25) is 0 Å². The Morgan fingerprint density at radius 1 is 1.00 bits per heavy atom. The number of phenolic OH excluding ortho intramolecular Hbond substituents is 2. The van der Waals surface area contributed by atoms with Gasteiger partial charge in [-0.1, -0.05) is 25.8 Å². The van der Waals surface area contributed by atoms with Gasteiger partial charge in [-0.2, -0.15) is 0 Å². The van der Waals surface area contributed by atoms with E-state index in [4.69, 9.17) is 4.74 Å². The largest absolute Gasteiger partial charge is 0.507 e. The maximum absolute atomic E-state index is 13.1. The van der Waals surface area contributed by atoms with E-state index in [1.807, 2.05) is 0 Å². The van der Waals surface area contributed by atoms with E-state index in [2.05, 4.69) is 12.2 Å². The smallest absolute Gasteiger partial charge is 0.337 e. The van der Waals surface area contributed by atoms with E-state index < -0.39 is 29.3 Å². The molecule has 1 aliphatic heterocycles. The van der Waals surface area contributed by atoms with Gasteiger partial charge >= 0.3 is 5.97 Å². The highest BCUT2D eigenvalue weighted by molar-refractivity contribution is 6.03. The van der Waals surface area contributed by atoms with Gasteiger partial charge in [-0.15, -0.1) is 0 Å². The number of esters is 1. The number of fused-ring (bicyclic) bond motifs is 1. The maximum atomic E-state index is 13.1. The van der Waals surface area contributed by atoms with Crippen LogP contribution >= 0.6 is 0 Å². The molecule has 8 nitrogen and oxygen atoms in total. The number of phenols is 2. The summed E-state index contributed by atoms with van der Waals surface area (Å²) in [6.07, 6.45) is 2.80. The summed E-state index contributed by atoms with van der Waals surface area (Å²) in [5, 5.41) is 23.1. The summed E-state index contributed by atoms with van der Waals surface area (Å²) in [6.45, 7) is 3.06. The number of hydrogen-bond acceptors (Lipinski definition) is 6. The molecule has 0 spiro atoms. The number of aromatic hydroxyl groups is 2. The lowest BCUT2D eigenvalue weighted by Gasteiger charge is -2.17. The quantitative estimate of drug-likeness (QED) is 0.463. The molecule has 2 aromatic rings. The molecule has 0 saturated heterocycles. The minimum absolute atomic E-state index is 0.0673. The molecule has 0 atom stereocenters. The molecule has 8 heteroatoms. The van der Waals surface area contributed by atoms with Gasteiger partial charge in [-0.3, -0.25) is 9.59 Å². The lowest BCUT2D eigenvalue weighted by Crippen LogP contribution is -2.27. The molecule has 1 aliphatic rings. The van der Waals surface area contributed by atoms with Crippen LogP contribution in [0.1, 0.15) is 68.4 Å². The number of amides is 2. The van der Waals surface area contributed by atoms with Crippen LogP contribution in [0.5, 0.6) is 11.5 Å². The van der Waals surface area contributed by atoms with Crippen molar-refractivity contribution in [2.24, 2.45) is 0 Å². The average molecular weight is 426 g/mol. The molecule has 3 rings (SSSR count). The molecule has 0 bridgehead atoms. The van der Waals surface area contributed by atoms with Gasteiger partial charge in [0, 0.05) is 25.7 Å². The highest BCUT2D eigenvalue weighted by Crippen LogP contribution is 2.31. The van der Waals surface area contributed by atoms with Crippen molar-refractivity contribution < 1.29 is 29.3 Å². The Morgan fingerprint density at radius 2 is 1.71 bits per heavy atom. The fraction of sp³-hybridized carbons (Fsp3) is 0.348. The number of nitrogens with zero attached hydrogens (tertiary/aromatic N) is 1. The number of rotatable bonds is 7. The minimum atomic E-state index is -0.505. The second kappa shape index (κ2) is 9.51. The van der Waals surface area contributed by atoms with E-state index in [1.54, 1.807) is 18.2 Å². The monoisotopic (exact) mass is 426 g/mol. The fourth-order valence-corrected chi connectivity index (χ4v) is 3.56. The normalized spacial score (nSPS) is 12.4. The molecular weight excluding hydrogens is 400 g/mol. The second-order valence-corrected chi connectivity index (χ2v) is 7.49. The number of unbranched alkanes of at least 4 members (excludes halogenated alkanes) is 2. The Kier molecular flexibility index (Phi) is 6.79. The number of benzene rings is 2. The summed E-state index contributed by atoms with van der Waals surface area (Å²) in [5.74, 6) is -2.24. The van der Waals surface area contributed by atoms with Crippen LogP contribution < -0.4 is 5.32 Å². The summed E-state index contributed by atoms with van der Waals surface area (Å²) >= 11 is 0. The van der Waals surface area contributed by atoms with Gasteiger partial charge < -0.3 is 25.2 Å². The van der Waals surface area contributed by atoms with Gasteiger partial charge in [-0.05, 0) is 35.7 Å². The fourth-order valence-electron chi connectivity index (χ4n) is 3.56. The first kappa shape index (κ1) is 22.1. The molecule has 2 amide bonds. The highest BCUT2D eigenvalue weighted by Gasteiger charge is 2.28.